The molecule has 3 N–H and O–H groups in total. The number of aromatic nitrogens is 3. The molecule has 1 aliphatic heterocycles. The van der Waals surface area contributed by atoms with Crippen LogP contribution in [0, 0.1) is 19.8 Å². The number of pyridine rings is 1. The molecule has 0 amide bonds. The summed E-state index contributed by atoms with van der Waals surface area (Å²) in [6, 6.07) is 13.3. The van der Waals surface area contributed by atoms with Crippen molar-refractivity contribution in [1.29, 1.82) is 0 Å². The molecule has 3 heterocycles. The number of imidazole rings is 1. The smallest absolute Gasteiger partial charge is 0.204 e. The molecule has 1 aromatic carbocycles. The third-order valence-electron chi connectivity index (χ3n) is 6.42. The molecule has 31 heavy (non-hydrogen) atoms. The summed E-state index contributed by atoms with van der Waals surface area (Å²) in [6.07, 6.45) is 2.21. The molecule has 3 aromatic rings. The van der Waals surface area contributed by atoms with Gasteiger partial charge >= 0.3 is 0 Å². The van der Waals surface area contributed by atoms with Crippen molar-refractivity contribution < 1.29 is 0 Å². The number of hydrogen-bond donors (Lipinski definition) is 2. The summed E-state index contributed by atoms with van der Waals surface area (Å²) >= 11 is 0. The first kappa shape index (κ1) is 21.8. The predicted octanol–water partition coefficient (Wildman–Crippen LogP) is 3.96. The minimum atomic E-state index is 0.249. The summed E-state index contributed by atoms with van der Waals surface area (Å²) in [7, 11) is 0. The fourth-order valence-corrected chi connectivity index (χ4v) is 4.30. The van der Waals surface area contributed by atoms with E-state index in [2.05, 4.69) is 65.9 Å². The van der Waals surface area contributed by atoms with Crippen molar-refractivity contribution in [3.63, 3.8) is 0 Å². The molecule has 166 valence electrons. The van der Waals surface area contributed by atoms with Gasteiger partial charge in [0.25, 0.3) is 0 Å². The number of piperidine rings is 1. The molecular formula is C25H36N6. The molecule has 0 bridgehead atoms. The van der Waals surface area contributed by atoms with Gasteiger partial charge in [-0.2, -0.15) is 0 Å². The van der Waals surface area contributed by atoms with Crippen LogP contribution < -0.4 is 11.1 Å². The third kappa shape index (κ3) is 5.25. The van der Waals surface area contributed by atoms with E-state index >= 15 is 0 Å². The topological polar surface area (TPSA) is 72.0 Å². The van der Waals surface area contributed by atoms with E-state index in [4.69, 9.17) is 15.7 Å². The van der Waals surface area contributed by atoms with E-state index in [1.54, 1.807) is 0 Å². The molecule has 1 aliphatic rings. The maximum absolute atomic E-state index is 6.29. The molecule has 1 fully saturated rings. The van der Waals surface area contributed by atoms with Crippen LogP contribution in [0.25, 0.3) is 11.0 Å². The number of nitrogens with zero attached hydrogens (tertiary/aromatic N) is 4. The standard InChI is InChI=1S/C25H36N6/c1-17(2)22(26)16-30-12-10-20(11-13-30)28-25-29-23-9-8-18(3)14-24(23)31(25)15-21-7-5-6-19(4)27-21/h5-9,14,17,20,22H,10-13,15-16,26H2,1-4H3,(H,28,29). The van der Waals surface area contributed by atoms with Crippen LogP contribution >= 0.6 is 0 Å². The first-order chi connectivity index (χ1) is 14.9. The van der Waals surface area contributed by atoms with Gasteiger partial charge in [0.1, 0.15) is 0 Å². The summed E-state index contributed by atoms with van der Waals surface area (Å²) < 4.78 is 2.28. The zero-order chi connectivity index (χ0) is 22.0. The Morgan fingerprint density at radius 3 is 2.58 bits per heavy atom. The average Bonchev–Trinajstić information content (AvgIpc) is 3.05. The molecule has 0 saturated carbocycles. The van der Waals surface area contributed by atoms with Gasteiger partial charge in [0, 0.05) is 37.4 Å². The number of nitrogens with one attached hydrogen (secondary N) is 1. The van der Waals surface area contributed by atoms with E-state index in [-0.39, 0.29) is 6.04 Å². The van der Waals surface area contributed by atoms with E-state index in [1.165, 1.54) is 5.56 Å². The SMILES string of the molecule is Cc1ccc2nc(NC3CCN(CC(N)C(C)C)CC3)n(Cc3cccc(C)n3)c2c1. The molecule has 0 radical (unpaired) electrons. The Balaban J connectivity index is 1.51. The van der Waals surface area contributed by atoms with E-state index in [0.29, 0.717) is 18.5 Å². The highest BCUT2D eigenvalue weighted by atomic mass is 15.2. The normalized spacial score (nSPS) is 16.8. The Bertz CT molecular complexity index is 1020. The number of benzene rings is 1. The third-order valence-corrected chi connectivity index (χ3v) is 6.42. The van der Waals surface area contributed by atoms with Gasteiger partial charge < -0.3 is 20.5 Å². The van der Waals surface area contributed by atoms with E-state index in [1.807, 2.05) is 13.0 Å². The lowest BCUT2D eigenvalue weighted by Gasteiger charge is -2.34. The number of aryl methyl sites for hydroxylation is 2. The summed E-state index contributed by atoms with van der Waals surface area (Å²) in [4.78, 5) is 12.2. The second-order valence-electron chi connectivity index (χ2n) is 9.41. The molecule has 0 spiro atoms. The molecule has 1 unspecified atom stereocenters. The van der Waals surface area contributed by atoms with Gasteiger partial charge in [-0.15, -0.1) is 0 Å². The Morgan fingerprint density at radius 1 is 1.10 bits per heavy atom. The Labute approximate surface area is 185 Å². The number of anilines is 1. The molecule has 4 rings (SSSR count). The maximum Gasteiger partial charge on any atom is 0.204 e. The Kier molecular flexibility index (Phi) is 6.58. The molecule has 1 atom stereocenters. The molecule has 2 aromatic heterocycles. The summed E-state index contributed by atoms with van der Waals surface area (Å²) in [5, 5.41) is 3.76. The van der Waals surface area contributed by atoms with Crippen molar-refractivity contribution in [1.82, 2.24) is 19.4 Å². The average molecular weight is 421 g/mol. The quantitative estimate of drug-likeness (QED) is 0.605. The first-order valence-corrected chi connectivity index (χ1v) is 11.5. The van der Waals surface area contributed by atoms with E-state index < -0.39 is 0 Å². The van der Waals surface area contributed by atoms with E-state index in [9.17, 15) is 0 Å². The summed E-state index contributed by atoms with van der Waals surface area (Å²) in [6.45, 7) is 12.4. The van der Waals surface area contributed by atoms with Crippen molar-refractivity contribution >= 4 is 17.0 Å². The highest BCUT2D eigenvalue weighted by Gasteiger charge is 2.23. The van der Waals surface area contributed by atoms with Crippen molar-refractivity contribution in [3.05, 3.63) is 53.3 Å². The molecule has 0 aliphatic carbocycles. The summed E-state index contributed by atoms with van der Waals surface area (Å²) in [5.74, 6) is 1.47. The van der Waals surface area contributed by atoms with Crippen LogP contribution in [0.5, 0.6) is 0 Å². The fourth-order valence-electron chi connectivity index (χ4n) is 4.30. The minimum Gasteiger partial charge on any atom is -0.353 e. The minimum absolute atomic E-state index is 0.249. The largest absolute Gasteiger partial charge is 0.353 e. The van der Waals surface area contributed by atoms with Gasteiger partial charge in [-0.1, -0.05) is 26.0 Å². The fraction of sp³-hybridized carbons (Fsp3) is 0.520. The molecule has 1 saturated heterocycles. The van der Waals surface area contributed by atoms with Gasteiger partial charge in [-0.25, -0.2) is 4.98 Å². The van der Waals surface area contributed by atoms with Crippen molar-refractivity contribution in [3.8, 4) is 0 Å². The Hall–Kier alpha value is -2.44. The van der Waals surface area contributed by atoms with Gasteiger partial charge in [0.15, 0.2) is 0 Å². The monoisotopic (exact) mass is 420 g/mol. The van der Waals surface area contributed by atoms with Gasteiger partial charge in [-0.3, -0.25) is 4.98 Å². The molecular weight excluding hydrogens is 384 g/mol. The lowest BCUT2D eigenvalue weighted by Crippen LogP contribution is -2.46. The zero-order valence-corrected chi connectivity index (χ0v) is 19.3. The van der Waals surface area contributed by atoms with Crippen LogP contribution in [0.1, 0.15) is 43.6 Å². The summed E-state index contributed by atoms with van der Waals surface area (Å²) in [5.41, 5.74) is 11.8. The lowest BCUT2D eigenvalue weighted by atomic mass is 10.0. The van der Waals surface area contributed by atoms with E-state index in [0.717, 1.165) is 60.8 Å². The second kappa shape index (κ2) is 9.37. The maximum atomic E-state index is 6.29. The van der Waals surface area contributed by atoms with Gasteiger partial charge in [0.2, 0.25) is 5.95 Å². The van der Waals surface area contributed by atoms with Crippen molar-refractivity contribution in [2.45, 2.75) is 59.2 Å². The van der Waals surface area contributed by atoms with Crippen molar-refractivity contribution in [2.24, 2.45) is 11.7 Å². The zero-order valence-electron chi connectivity index (χ0n) is 19.3. The predicted molar refractivity (Wildman–Crippen MR) is 128 cm³/mol. The number of likely N-dealkylation sites (tertiary alicyclic amines) is 1. The van der Waals surface area contributed by atoms with Crippen LogP contribution in [0.15, 0.2) is 36.4 Å². The van der Waals surface area contributed by atoms with Gasteiger partial charge in [0.05, 0.1) is 23.3 Å². The number of nitrogens with two attached hydrogens (primary N) is 1. The van der Waals surface area contributed by atoms with Gasteiger partial charge in [-0.05, 0) is 62.4 Å². The highest BCUT2D eigenvalue weighted by Crippen LogP contribution is 2.25. The van der Waals surface area contributed by atoms with Crippen LogP contribution in [-0.2, 0) is 6.54 Å². The highest BCUT2D eigenvalue weighted by molar-refractivity contribution is 5.79. The van der Waals surface area contributed by atoms with Crippen LogP contribution in [0.2, 0.25) is 0 Å². The Morgan fingerprint density at radius 2 is 1.87 bits per heavy atom. The number of hydrogen-bond acceptors (Lipinski definition) is 5. The molecule has 6 nitrogen and oxygen atoms in total. The lowest BCUT2D eigenvalue weighted by molar-refractivity contribution is 0.194. The van der Waals surface area contributed by atoms with Crippen LogP contribution in [0.3, 0.4) is 0 Å². The number of rotatable bonds is 7. The van der Waals surface area contributed by atoms with Crippen LogP contribution in [-0.4, -0.2) is 51.2 Å². The molecule has 6 heteroatoms. The number of fused-ring (bicyclic) bond motifs is 1. The van der Waals surface area contributed by atoms with Crippen molar-refractivity contribution in [2.75, 3.05) is 25.0 Å². The van der Waals surface area contributed by atoms with Crippen LogP contribution in [0.4, 0.5) is 5.95 Å². The second-order valence-corrected chi connectivity index (χ2v) is 9.41. The first-order valence-electron chi connectivity index (χ1n) is 11.5.